The molecule has 1 aliphatic rings. The van der Waals surface area contributed by atoms with Gasteiger partial charge in [-0.05, 0) is 19.3 Å². The van der Waals surface area contributed by atoms with Crippen LogP contribution >= 0.6 is 0 Å². The van der Waals surface area contributed by atoms with Gasteiger partial charge in [-0.25, -0.2) is 9.63 Å². The van der Waals surface area contributed by atoms with E-state index in [-0.39, 0.29) is 0 Å². The molecule has 0 aliphatic heterocycles. The summed E-state index contributed by atoms with van der Waals surface area (Å²) in [5.41, 5.74) is -1.26. The van der Waals surface area contributed by atoms with Crippen LogP contribution in [0.1, 0.15) is 19.3 Å². The molecule has 1 rings (SSSR count). The van der Waals surface area contributed by atoms with Crippen molar-refractivity contribution in [3.05, 3.63) is 0 Å². The van der Waals surface area contributed by atoms with Crippen LogP contribution in [-0.4, -0.2) is 16.7 Å². The highest BCUT2D eigenvalue weighted by molar-refractivity contribution is 5.78. The monoisotopic (exact) mass is 129 g/mol. The maximum atomic E-state index is 10.2. The molecule has 4 heteroatoms. The van der Waals surface area contributed by atoms with Crippen LogP contribution in [0.4, 0.5) is 0 Å². The average Bonchev–Trinajstić information content (AvgIpc) is 1.62. The standard InChI is InChI=1S/C5H7NO3/c6-9-5(4(7)8)2-1-3-5/h1-3H2,(H,7,8). The summed E-state index contributed by atoms with van der Waals surface area (Å²) in [6.45, 7) is 0. The third-order valence-corrected chi connectivity index (χ3v) is 1.73. The van der Waals surface area contributed by atoms with Crippen molar-refractivity contribution in [2.45, 2.75) is 24.9 Å². The predicted octanol–water partition coefficient (Wildman–Crippen LogP) is -0.00600. The van der Waals surface area contributed by atoms with Crippen molar-refractivity contribution in [3.8, 4) is 0 Å². The lowest BCUT2D eigenvalue weighted by Gasteiger charge is -2.33. The lowest BCUT2D eigenvalue weighted by atomic mass is 9.80. The number of hydrogen-bond acceptors (Lipinski definition) is 2. The molecule has 1 aliphatic carbocycles. The first-order valence-electron chi connectivity index (χ1n) is 2.77. The molecular formula is C5H7NO3. The van der Waals surface area contributed by atoms with Crippen LogP contribution in [0.5, 0.6) is 0 Å². The van der Waals surface area contributed by atoms with E-state index in [1.807, 2.05) is 0 Å². The largest absolute Gasteiger partial charge is 0.479 e. The molecule has 0 atom stereocenters. The van der Waals surface area contributed by atoms with Crippen molar-refractivity contribution in [3.63, 3.8) is 0 Å². The van der Waals surface area contributed by atoms with Crippen LogP contribution in [0.3, 0.4) is 0 Å². The molecule has 0 unspecified atom stereocenters. The van der Waals surface area contributed by atoms with Gasteiger partial charge >= 0.3 is 5.97 Å². The van der Waals surface area contributed by atoms with E-state index in [0.717, 1.165) is 6.42 Å². The van der Waals surface area contributed by atoms with Gasteiger partial charge in [0.2, 0.25) is 0 Å². The minimum Gasteiger partial charge on any atom is -0.479 e. The first kappa shape index (κ1) is 6.51. The highest BCUT2D eigenvalue weighted by Gasteiger charge is 2.46. The van der Waals surface area contributed by atoms with E-state index in [4.69, 9.17) is 11.0 Å². The van der Waals surface area contributed by atoms with Crippen LogP contribution in [0.25, 0.3) is 0 Å². The summed E-state index contributed by atoms with van der Waals surface area (Å²) >= 11 is 0. The van der Waals surface area contributed by atoms with Gasteiger partial charge in [-0.3, -0.25) is 0 Å². The van der Waals surface area contributed by atoms with E-state index in [1.165, 1.54) is 0 Å². The molecule has 9 heavy (non-hydrogen) atoms. The molecule has 2 radical (unpaired) electrons. The molecular weight excluding hydrogens is 122 g/mol. The number of nitrogens with zero attached hydrogens (tertiary/aromatic N) is 1. The second-order valence-electron chi connectivity index (χ2n) is 2.24. The van der Waals surface area contributed by atoms with Crippen molar-refractivity contribution in [2.24, 2.45) is 0 Å². The molecule has 50 valence electrons. The first-order valence-corrected chi connectivity index (χ1v) is 2.77. The summed E-state index contributed by atoms with van der Waals surface area (Å²) in [6, 6.07) is 0. The normalized spacial score (nSPS) is 22.8. The Bertz CT molecular complexity index is 125. The molecule has 0 aromatic heterocycles. The van der Waals surface area contributed by atoms with Gasteiger partial charge in [0, 0.05) is 5.90 Å². The van der Waals surface area contributed by atoms with Gasteiger partial charge in [-0.15, -0.1) is 0 Å². The molecule has 4 nitrogen and oxygen atoms in total. The van der Waals surface area contributed by atoms with E-state index >= 15 is 0 Å². The second kappa shape index (κ2) is 1.97. The van der Waals surface area contributed by atoms with Crippen LogP contribution in [0.2, 0.25) is 0 Å². The Labute approximate surface area is 52.6 Å². The Hall–Kier alpha value is -0.610. The highest BCUT2D eigenvalue weighted by Crippen LogP contribution is 2.34. The lowest BCUT2D eigenvalue weighted by Crippen LogP contribution is -2.47. The minimum absolute atomic E-state index is 0.416. The summed E-state index contributed by atoms with van der Waals surface area (Å²) in [4.78, 5) is 14.1. The second-order valence-corrected chi connectivity index (χ2v) is 2.24. The number of carboxylic acid groups (broad SMARTS) is 1. The van der Waals surface area contributed by atoms with Crippen LogP contribution in [-0.2, 0) is 9.63 Å². The van der Waals surface area contributed by atoms with E-state index in [2.05, 4.69) is 4.84 Å². The third kappa shape index (κ3) is 0.799. The summed E-state index contributed by atoms with van der Waals surface area (Å²) in [5.74, 6) is 7.05. The first-order chi connectivity index (χ1) is 4.21. The predicted molar refractivity (Wildman–Crippen MR) is 27.4 cm³/mol. The molecule has 0 spiro atoms. The Morgan fingerprint density at radius 3 is 2.22 bits per heavy atom. The Morgan fingerprint density at radius 1 is 1.67 bits per heavy atom. The van der Waals surface area contributed by atoms with E-state index in [1.54, 1.807) is 0 Å². The lowest BCUT2D eigenvalue weighted by molar-refractivity contribution is -0.182. The van der Waals surface area contributed by atoms with Gasteiger partial charge in [-0.2, -0.15) is 0 Å². The minimum atomic E-state index is -1.26. The number of rotatable bonds is 2. The zero-order valence-electron chi connectivity index (χ0n) is 4.83. The number of hydrogen-bond donors (Lipinski definition) is 1. The van der Waals surface area contributed by atoms with Gasteiger partial charge in [0.05, 0.1) is 0 Å². The topological polar surface area (TPSA) is 68.8 Å². The Kier molecular flexibility index (Phi) is 1.42. The fraction of sp³-hybridized carbons (Fsp3) is 0.800. The Balaban J connectivity index is 2.57. The van der Waals surface area contributed by atoms with Crippen molar-refractivity contribution in [1.29, 1.82) is 0 Å². The summed E-state index contributed by atoms with van der Waals surface area (Å²) in [5, 5.41) is 8.40. The molecule has 0 aromatic carbocycles. The van der Waals surface area contributed by atoms with Crippen LogP contribution in [0.15, 0.2) is 0 Å². The Morgan fingerprint density at radius 2 is 2.22 bits per heavy atom. The highest BCUT2D eigenvalue weighted by atomic mass is 16.6. The molecule has 1 fully saturated rings. The molecule has 1 saturated carbocycles. The SMILES string of the molecule is [N]OC1(C(=O)O)CCC1. The number of aliphatic carboxylic acids is 1. The molecule has 0 aromatic rings. The van der Waals surface area contributed by atoms with E-state index in [0.29, 0.717) is 12.8 Å². The molecule has 0 saturated heterocycles. The number of carboxylic acids is 1. The van der Waals surface area contributed by atoms with Crippen molar-refractivity contribution in [1.82, 2.24) is 5.90 Å². The maximum Gasteiger partial charge on any atom is 0.338 e. The maximum absolute atomic E-state index is 10.2. The fourth-order valence-electron chi connectivity index (χ4n) is 0.842. The van der Waals surface area contributed by atoms with Crippen molar-refractivity contribution in [2.75, 3.05) is 0 Å². The fourth-order valence-corrected chi connectivity index (χ4v) is 0.842. The van der Waals surface area contributed by atoms with Gasteiger partial charge in [0.25, 0.3) is 0 Å². The average molecular weight is 129 g/mol. The molecule has 0 amide bonds. The van der Waals surface area contributed by atoms with Crippen molar-refractivity contribution < 1.29 is 14.7 Å². The number of carbonyl (C=O) groups is 1. The summed E-state index contributed by atoms with van der Waals surface area (Å²) in [6.07, 6.45) is 1.64. The zero-order valence-corrected chi connectivity index (χ0v) is 4.83. The zero-order chi connectivity index (χ0) is 6.91. The molecule has 0 heterocycles. The molecule has 1 N–H and O–H groups in total. The van der Waals surface area contributed by atoms with Gasteiger partial charge < -0.3 is 5.11 Å². The summed E-state index contributed by atoms with van der Waals surface area (Å²) < 4.78 is 0. The third-order valence-electron chi connectivity index (χ3n) is 1.73. The molecule has 0 bridgehead atoms. The smallest absolute Gasteiger partial charge is 0.338 e. The quantitative estimate of drug-likeness (QED) is 0.533. The van der Waals surface area contributed by atoms with E-state index in [9.17, 15) is 4.79 Å². The van der Waals surface area contributed by atoms with Gasteiger partial charge in [0.1, 0.15) is 0 Å². The van der Waals surface area contributed by atoms with Gasteiger partial charge in [0.15, 0.2) is 5.60 Å². The summed E-state index contributed by atoms with van der Waals surface area (Å²) in [7, 11) is 0. The van der Waals surface area contributed by atoms with Gasteiger partial charge in [-0.1, -0.05) is 0 Å². The van der Waals surface area contributed by atoms with Crippen LogP contribution < -0.4 is 5.90 Å². The van der Waals surface area contributed by atoms with E-state index < -0.39 is 11.6 Å². The van der Waals surface area contributed by atoms with Crippen molar-refractivity contribution >= 4 is 5.97 Å². The van der Waals surface area contributed by atoms with Crippen LogP contribution in [0, 0.1) is 0 Å².